The third kappa shape index (κ3) is 7.43. The molecule has 0 bridgehead atoms. The van der Waals surface area contributed by atoms with E-state index in [0.29, 0.717) is 6.42 Å². The predicted octanol–water partition coefficient (Wildman–Crippen LogP) is 0.674. The molecule has 138 valence electrons. The van der Waals surface area contributed by atoms with Crippen molar-refractivity contribution in [2.45, 2.75) is 38.8 Å². The summed E-state index contributed by atoms with van der Waals surface area (Å²) < 4.78 is 0. The van der Waals surface area contributed by atoms with Gasteiger partial charge in [-0.1, -0.05) is 26.0 Å². The summed E-state index contributed by atoms with van der Waals surface area (Å²) in [7, 11) is 0. The maximum absolute atomic E-state index is 12.5. The van der Waals surface area contributed by atoms with E-state index in [9.17, 15) is 19.5 Å². The van der Waals surface area contributed by atoms with Gasteiger partial charge < -0.3 is 21.5 Å². The lowest BCUT2D eigenvalue weighted by Crippen LogP contribution is -2.54. The number of phenols is 1. The Balaban J connectivity index is 2.89. The number of nitrogens with two attached hydrogens (primary N) is 1. The number of primary amides is 1. The number of alkyl halides is 1. The monoisotopic (exact) mass is 369 g/mol. The summed E-state index contributed by atoms with van der Waals surface area (Å²) in [6, 6.07) is 4.52. The minimum Gasteiger partial charge on any atom is -0.508 e. The number of phenolic OH excluding ortho intramolecular Hbond substituents is 1. The van der Waals surface area contributed by atoms with Gasteiger partial charge in [-0.2, -0.15) is 0 Å². The van der Waals surface area contributed by atoms with Gasteiger partial charge in [0.1, 0.15) is 23.7 Å². The number of carbonyl (C=O) groups excluding carboxylic acids is 3. The van der Waals surface area contributed by atoms with Crippen LogP contribution in [0.15, 0.2) is 24.3 Å². The molecule has 7 nitrogen and oxygen atoms in total. The molecule has 25 heavy (non-hydrogen) atoms. The minimum absolute atomic E-state index is 0.0975. The van der Waals surface area contributed by atoms with Crippen LogP contribution in [-0.2, 0) is 20.8 Å². The van der Waals surface area contributed by atoms with Gasteiger partial charge in [-0.05, 0) is 30.0 Å². The van der Waals surface area contributed by atoms with E-state index in [1.165, 1.54) is 12.1 Å². The molecule has 0 aliphatic carbocycles. The van der Waals surface area contributed by atoms with Crippen molar-refractivity contribution in [2.24, 2.45) is 11.7 Å². The lowest BCUT2D eigenvalue weighted by molar-refractivity contribution is -0.131. The van der Waals surface area contributed by atoms with Crippen molar-refractivity contribution in [1.29, 1.82) is 0 Å². The van der Waals surface area contributed by atoms with Crippen molar-refractivity contribution in [3.8, 4) is 5.75 Å². The van der Waals surface area contributed by atoms with Gasteiger partial charge in [0.05, 0.1) is 0 Å². The average molecular weight is 370 g/mol. The molecule has 0 fully saturated rings. The SMILES string of the molecule is CC(C)CC(NC(=O)C(Cc1ccc(O)cc1)NC(=O)CCl)C(N)=O. The molecule has 0 aliphatic heterocycles. The number of hydrogen-bond acceptors (Lipinski definition) is 4. The standard InChI is InChI=1S/C17H24ClN3O4/c1-10(2)7-13(16(19)24)21-17(25)14(20-15(23)9-18)8-11-3-5-12(22)6-4-11/h3-6,10,13-14,22H,7-9H2,1-2H3,(H2,19,24)(H,20,23)(H,21,25). The largest absolute Gasteiger partial charge is 0.508 e. The van der Waals surface area contributed by atoms with Crippen LogP contribution < -0.4 is 16.4 Å². The summed E-state index contributed by atoms with van der Waals surface area (Å²) in [5.74, 6) is -1.68. The molecule has 0 aromatic heterocycles. The predicted molar refractivity (Wildman–Crippen MR) is 95.0 cm³/mol. The Morgan fingerprint density at radius 2 is 1.72 bits per heavy atom. The molecule has 0 spiro atoms. The maximum atomic E-state index is 12.5. The Labute approximate surface area is 151 Å². The molecule has 0 saturated carbocycles. The summed E-state index contributed by atoms with van der Waals surface area (Å²) in [6.45, 7) is 3.82. The highest BCUT2D eigenvalue weighted by molar-refractivity contribution is 6.27. The first-order chi connectivity index (χ1) is 11.7. The van der Waals surface area contributed by atoms with Crippen molar-refractivity contribution < 1.29 is 19.5 Å². The van der Waals surface area contributed by atoms with Gasteiger partial charge in [-0.15, -0.1) is 11.6 Å². The van der Waals surface area contributed by atoms with E-state index < -0.39 is 29.8 Å². The number of carbonyl (C=O) groups is 3. The van der Waals surface area contributed by atoms with Gasteiger partial charge >= 0.3 is 0 Å². The zero-order valence-corrected chi connectivity index (χ0v) is 15.0. The van der Waals surface area contributed by atoms with E-state index in [1.54, 1.807) is 12.1 Å². The van der Waals surface area contributed by atoms with Crippen LogP contribution in [0.3, 0.4) is 0 Å². The summed E-state index contributed by atoms with van der Waals surface area (Å²) in [6.07, 6.45) is 0.582. The molecule has 2 unspecified atom stereocenters. The Kier molecular flexibility index (Phi) is 8.21. The van der Waals surface area contributed by atoms with E-state index >= 15 is 0 Å². The first-order valence-corrected chi connectivity index (χ1v) is 8.49. The van der Waals surface area contributed by atoms with Crippen LogP contribution >= 0.6 is 11.6 Å². The number of hydrogen-bond donors (Lipinski definition) is 4. The molecular weight excluding hydrogens is 346 g/mol. The van der Waals surface area contributed by atoms with E-state index in [0.717, 1.165) is 5.56 Å². The molecule has 1 aromatic carbocycles. The van der Waals surface area contributed by atoms with Gasteiger partial charge in [-0.3, -0.25) is 14.4 Å². The quantitative estimate of drug-likeness (QED) is 0.478. The Morgan fingerprint density at radius 1 is 1.12 bits per heavy atom. The van der Waals surface area contributed by atoms with Gasteiger partial charge in [0.15, 0.2) is 0 Å². The molecule has 0 saturated heterocycles. The van der Waals surface area contributed by atoms with Crippen molar-refractivity contribution >= 4 is 29.3 Å². The van der Waals surface area contributed by atoms with Crippen LogP contribution in [0, 0.1) is 5.92 Å². The van der Waals surface area contributed by atoms with Crippen LogP contribution in [0.2, 0.25) is 0 Å². The van der Waals surface area contributed by atoms with Crippen LogP contribution in [-0.4, -0.2) is 40.8 Å². The van der Waals surface area contributed by atoms with E-state index in [4.69, 9.17) is 17.3 Å². The molecule has 0 aliphatic rings. The first-order valence-electron chi connectivity index (χ1n) is 7.95. The number of nitrogens with one attached hydrogen (secondary N) is 2. The molecule has 3 amide bonds. The smallest absolute Gasteiger partial charge is 0.243 e. The second-order valence-electron chi connectivity index (χ2n) is 6.22. The lowest BCUT2D eigenvalue weighted by Gasteiger charge is -2.22. The number of aromatic hydroxyl groups is 1. The number of benzene rings is 1. The Hall–Kier alpha value is -2.28. The van der Waals surface area contributed by atoms with Crippen LogP contribution in [0.25, 0.3) is 0 Å². The van der Waals surface area contributed by atoms with Crippen LogP contribution in [0.1, 0.15) is 25.8 Å². The van der Waals surface area contributed by atoms with Crippen molar-refractivity contribution in [2.75, 3.05) is 5.88 Å². The first kappa shape index (κ1) is 20.8. The average Bonchev–Trinajstić information content (AvgIpc) is 2.54. The fourth-order valence-electron chi connectivity index (χ4n) is 2.30. The van der Waals surface area contributed by atoms with Gasteiger partial charge in [0, 0.05) is 6.42 Å². The Morgan fingerprint density at radius 3 is 2.20 bits per heavy atom. The Bertz CT molecular complexity index is 604. The zero-order chi connectivity index (χ0) is 19.0. The number of amides is 3. The molecule has 0 radical (unpaired) electrons. The highest BCUT2D eigenvalue weighted by Gasteiger charge is 2.26. The summed E-state index contributed by atoms with van der Waals surface area (Å²) >= 11 is 5.50. The number of rotatable bonds is 9. The van der Waals surface area contributed by atoms with Crippen molar-refractivity contribution in [3.05, 3.63) is 29.8 Å². The van der Waals surface area contributed by atoms with Gasteiger partial charge in [0.2, 0.25) is 17.7 Å². The second kappa shape index (κ2) is 9.88. The molecule has 0 heterocycles. The topological polar surface area (TPSA) is 122 Å². The third-order valence-corrected chi connectivity index (χ3v) is 3.76. The molecule has 8 heteroatoms. The van der Waals surface area contributed by atoms with E-state index in [-0.39, 0.29) is 24.0 Å². The van der Waals surface area contributed by atoms with Crippen LogP contribution in [0.5, 0.6) is 5.75 Å². The minimum atomic E-state index is -0.912. The van der Waals surface area contributed by atoms with E-state index in [2.05, 4.69) is 10.6 Å². The lowest BCUT2D eigenvalue weighted by atomic mass is 10.0. The molecular formula is C17H24ClN3O4. The summed E-state index contributed by atoms with van der Waals surface area (Å²) in [4.78, 5) is 35.7. The summed E-state index contributed by atoms with van der Waals surface area (Å²) in [5, 5.41) is 14.4. The van der Waals surface area contributed by atoms with Gasteiger partial charge in [-0.25, -0.2) is 0 Å². The molecule has 1 aromatic rings. The van der Waals surface area contributed by atoms with Crippen LogP contribution in [0.4, 0.5) is 0 Å². The normalized spacial score (nSPS) is 13.1. The fourth-order valence-corrected chi connectivity index (χ4v) is 2.38. The number of halogens is 1. The second-order valence-corrected chi connectivity index (χ2v) is 6.48. The van der Waals surface area contributed by atoms with Crippen molar-refractivity contribution in [3.63, 3.8) is 0 Å². The summed E-state index contributed by atoms with van der Waals surface area (Å²) in [5.41, 5.74) is 6.07. The zero-order valence-electron chi connectivity index (χ0n) is 14.3. The van der Waals surface area contributed by atoms with E-state index in [1.807, 2.05) is 13.8 Å². The molecule has 1 rings (SSSR count). The fraction of sp³-hybridized carbons (Fsp3) is 0.471. The van der Waals surface area contributed by atoms with Gasteiger partial charge in [0.25, 0.3) is 0 Å². The molecule has 5 N–H and O–H groups in total. The third-order valence-electron chi connectivity index (χ3n) is 3.52. The maximum Gasteiger partial charge on any atom is 0.243 e. The van der Waals surface area contributed by atoms with Crippen molar-refractivity contribution in [1.82, 2.24) is 10.6 Å². The highest BCUT2D eigenvalue weighted by Crippen LogP contribution is 2.12. The highest BCUT2D eigenvalue weighted by atomic mass is 35.5. The molecule has 2 atom stereocenters.